The summed E-state index contributed by atoms with van der Waals surface area (Å²) in [4.78, 5) is 15.2. The second-order valence-electron chi connectivity index (χ2n) is 18.6. The summed E-state index contributed by atoms with van der Waals surface area (Å²) >= 11 is 0. The van der Waals surface area contributed by atoms with Gasteiger partial charge in [0.25, 0.3) is 0 Å². The van der Waals surface area contributed by atoms with Gasteiger partial charge in [0.05, 0.1) is 39.5 Å². The number of para-hydroxylation sites is 1. The van der Waals surface area contributed by atoms with Crippen molar-refractivity contribution < 1.29 is 30.6 Å². The van der Waals surface area contributed by atoms with E-state index in [1.54, 1.807) is 6.07 Å². The molecule has 0 atom stereocenters. The molecule has 1 N–H and O–H groups in total. The normalized spacial score (nSPS) is 12.4. The molecule has 0 unspecified atom stereocenters. The van der Waals surface area contributed by atoms with Crippen molar-refractivity contribution in [3.05, 3.63) is 143 Å². The second kappa shape index (κ2) is 14.1. The summed E-state index contributed by atoms with van der Waals surface area (Å²) in [5, 5.41) is 14.5. The number of pyridine rings is 2. The maximum absolute atomic E-state index is 15.4. The van der Waals surface area contributed by atoms with Gasteiger partial charge < -0.3 is 9.51 Å². The molecule has 308 valence electrons. The van der Waals surface area contributed by atoms with Crippen molar-refractivity contribution >= 4 is 49.3 Å². The number of aromatic nitrogens is 5. The molecule has 4 heterocycles. The third kappa shape index (κ3) is 6.18. The quantitative estimate of drug-likeness (QED) is 0.108. The third-order valence-electron chi connectivity index (χ3n) is 12.2. The monoisotopic (exact) mass is 983 g/mol. The molecule has 61 heavy (non-hydrogen) atoms. The number of imidazole rings is 2. The molecule has 10 rings (SSSR count). The van der Waals surface area contributed by atoms with Gasteiger partial charge in [-0.15, -0.1) is 17.7 Å². The Morgan fingerprint density at radius 1 is 0.705 bits per heavy atom. The minimum Gasteiger partial charge on any atom is -0.507 e. The molecule has 4 aromatic heterocycles. The third-order valence-corrected chi connectivity index (χ3v) is 12.2. The molecule has 0 aliphatic heterocycles. The summed E-state index contributed by atoms with van der Waals surface area (Å²) in [6.45, 7) is 21.4. The van der Waals surface area contributed by atoms with Crippen LogP contribution in [0.25, 0.3) is 88.6 Å². The average molecular weight is 984 g/mol. The number of hydrogen-bond donors (Lipinski definition) is 1. The maximum Gasteiger partial charge on any atom is 0.148 e. The molecule has 8 heteroatoms. The first-order valence-corrected chi connectivity index (χ1v) is 20.6. The summed E-state index contributed by atoms with van der Waals surface area (Å²) in [5.74, 6) is 1.33. The van der Waals surface area contributed by atoms with E-state index in [2.05, 4.69) is 150 Å². The van der Waals surface area contributed by atoms with Gasteiger partial charge in [-0.3, -0.25) is 9.55 Å². The van der Waals surface area contributed by atoms with Crippen LogP contribution < -0.4 is 0 Å². The Kier molecular flexibility index (Phi) is 9.34. The zero-order chi connectivity index (χ0) is 42.2. The fourth-order valence-electron chi connectivity index (χ4n) is 9.38. The van der Waals surface area contributed by atoms with E-state index in [0.717, 1.165) is 99.9 Å². The van der Waals surface area contributed by atoms with Gasteiger partial charge in [-0.1, -0.05) is 125 Å². The summed E-state index contributed by atoms with van der Waals surface area (Å²) < 4.78 is 19.8. The SMILES string of the molecule is Cc1cc(C)c(-n2c(-c3cc(C(C)(C)C)cc(C(C)(C)C)c3O)nc3c(-c4[c-]c5c6ncc(F)c7ccc8nc(C)n(c5c(C)c4)c8c76)cccc32)c(-c2ccccc2)c1.[Pt]. The Labute approximate surface area is 369 Å². The number of rotatable bonds is 4. The zero-order valence-corrected chi connectivity index (χ0v) is 38.4. The van der Waals surface area contributed by atoms with Crippen molar-refractivity contribution in [2.24, 2.45) is 0 Å². The predicted molar refractivity (Wildman–Crippen MR) is 244 cm³/mol. The molecule has 6 aromatic carbocycles. The van der Waals surface area contributed by atoms with E-state index in [-0.39, 0.29) is 43.5 Å². The van der Waals surface area contributed by atoms with Gasteiger partial charge in [0.1, 0.15) is 23.2 Å². The van der Waals surface area contributed by atoms with Crippen LogP contribution in [-0.2, 0) is 31.9 Å². The number of phenolic OH excluding ortho intramolecular Hbond substituents is 1. The summed E-state index contributed by atoms with van der Waals surface area (Å²) in [6, 6.07) is 35.2. The summed E-state index contributed by atoms with van der Waals surface area (Å²) in [5.41, 5.74) is 15.2. The van der Waals surface area contributed by atoms with Crippen molar-refractivity contribution in [3.8, 4) is 45.1 Å². The van der Waals surface area contributed by atoms with Crippen LogP contribution in [0.4, 0.5) is 4.39 Å². The van der Waals surface area contributed by atoms with E-state index in [1.165, 1.54) is 6.20 Å². The molecule has 10 aromatic rings. The van der Waals surface area contributed by atoms with Crippen molar-refractivity contribution in [1.29, 1.82) is 0 Å². The van der Waals surface area contributed by atoms with E-state index in [1.807, 2.05) is 19.1 Å². The first-order valence-electron chi connectivity index (χ1n) is 20.6. The van der Waals surface area contributed by atoms with Crippen molar-refractivity contribution in [3.63, 3.8) is 0 Å². The number of nitrogens with zero attached hydrogens (tertiary/aromatic N) is 5. The van der Waals surface area contributed by atoms with Gasteiger partial charge in [-0.25, -0.2) is 14.4 Å². The molecule has 0 aliphatic carbocycles. The topological polar surface area (TPSA) is 68.2 Å². The van der Waals surface area contributed by atoms with Crippen molar-refractivity contribution in [2.75, 3.05) is 0 Å². The van der Waals surface area contributed by atoms with Gasteiger partial charge in [-0.2, -0.15) is 0 Å². The smallest absolute Gasteiger partial charge is 0.148 e. The molecular formula is C53H47FN5OPt-. The van der Waals surface area contributed by atoms with E-state index in [0.29, 0.717) is 22.3 Å². The minimum absolute atomic E-state index is 0. The molecule has 0 bridgehead atoms. The Morgan fingerprint density at radius 3 is 2.18 bits per heavy atom. The van der Waals surface area contributed by atoms with Crippen LogP contribution >= 0.6 is 0 Å². The van der Waals surface area contributed by atoms with E-state index >= 15 is 4.39 Å². The van der Waals surface area contributed by atoms with Crippen LogP contribution in [-0.4, -0.2) is 29.0 Å². The largest absolute Gasteiger partial charge is 0.507 e. The Morgan fingerprint density at radius 2 is 1.46 bits per heavy atom. The first-order chi connectivity index (χ1) is 28.5. The first kappa shape index (κ1) is 40.5. The van der Waals surface area contributed by atoms with Gasteiger partial charge in [0, 0.05) is 48.5 Å². The van der Waals surface area contributed by atoms with Crippen LogP contribution in [0.5, 0.6) is 5.75 Å². The molecule has 0 fully saturated rings. The number of phenols is 1. The Bertz CT molecular complexity index is 3400. The number of halogens is 1. The van der Waals surface area contributed by atoms with Crippen molar-refractivity contribution in [1.82, 2.24) is 23.9 Å². The molecule has 0 amide bonds. The van der Waals surface area contributed by atoms with Gasteiger partial charge >= 0.3 is 0 Å². The zero-order valence-electron chi connectivity index (χ0n) is 36.1. The average Bonchev–Trinajstić information content (AvgIpc) is 3.74. The molecular weight excluding hydrogens is 937 g/mol. The van der Waals surface area contributed by atoms with Crippen LogP contribution in [0.3, 0.4) is 0 Å². The Balaban J connectivity index is 0.00000476. The van der Waals surface area contributed by atoms with Gasteiger partial charge in [-0.05, 0) is 84.1 Å². The second-order valence-corrected chi connectivity index (χ2v) is 18.6. The fourth-order valence-corrected chi connectivity index (χ4v) is 9.38. The number of aromatic hydroxyl groups is 1. The van der Waals surface area contributed by atoms with Crippen molar-refractivity contribution in [2.45, 2.75) is 80.1 Å². The van der Waals surface area contributed by atoms with Gasteiger partial charge in [0.2, 0.25) is 0 Å². The summed E-state index contributed by atoms with van der Waals surface area (Å²) in [7, 11) is 0. The molecule has 0 spiro atoms. The fraction of sp³-hybridized carbons (Fsp3) is 0.226. The predicted octanol–water partition coefficient (Wildman–Crippen LogP) is 13.4. The number of benzene rings is 6. The van der Waals surface area contributed by atoms with Crippen LogP contribution in [0.2, 0.25) is 0 Å². The molecule has 0 aliphatic rings. The molecule has 0 saturated carbocycles. The standard InChI is InChI=1S/C53H47FN5O.Pt/c1-28-21-29(2)47(37(22-28)32-15-12-11-13-16-32)59-43-18-14-17-35(45(43)57-51(59)39-25-34(52(5,6)7)26-40(50(39)60)53(8,9)10)33-23-30(3)48-38(24-33)46-44-36(41(54)27-55-46)19-20-42-49(44)58(48)31(4)56-42;/h11-23,25-27,60H,1-10H3;/q-1;. The number of aryl methyl sites for hydroxylation is 4. The molecule has 0 saturated heterocycles. The van der Waals surface area contributed by atoms with E-state index in [9.17, 15) is 5.11 Å². The van der Waals surface area contributed by atoms with E-state index < -0.39 is 0 Å². The summed E-state index contributed by atoms with van der Waals surface area (Å²) in [6.07, 6.45) is 1.31. The van der Waals surface area contributed by atoms with Crippen LogP contribution in [0, 0.1) is 39.6 Å². The minimum atomic E-state index is -0.366. The maximum atomic E-state index is 15.4. The van der Waals surface area contributed by atoms with Crippen LogP contribution in [0.1, 0.15) is 75.2 Å². The Hall–Kier alpha value is -5.91. The number of fused-ring (bicyclic) bond motifs is 4. The number of hydrogen-bond acceptors (Lipinski definition) is 4. The van der Waals surface area contributed by atoms with Crippen LogP contribution in [0.15, 0.2) is 97.2 Å². The molecule has 0 radical (unpaired) electrons. The molecule has 6 nitrogen and oxygen atoms in total. The van der Waals surface area contributed by atoms with E-state index in [4.69, 9.17) is 15.0 Å². The van der Waals surface area contributed by atoms with Gasteiger partial charge in [0.15, 0.2) is 0 Å².